The van der Waals surface area contributed by atoms with E-state index in [0.717, 1.165) is 92.4 Å². The zero-order chi connectivity index (χ0) is 30.8. The molecule has 7 heterocycles. The highest BCUT2D eigenvalue weighted by Crippen LogP contribution is 2.42. The first-order valence-corrected chi connectivity index (χ1v) is 15.8. The molecule has 2 bridgehead atoms. The SMILES string of the molecule is C=CC(=O)N1CCCC2(CN(CC3(c4ccc(-c5cc6cnc(N7C[C@H]8C[C@@H]7CO8)nc6[nH]5)cc4)C=CNC(C(N)=O)=C3)C2)C1. The molecule has 1 unspecified atom stereocenters. The van der Waals surface area contributed by atoms with E-state index in [2.05, 4.69) is 68.1 Å². The highest BCUT2D eigenvalue weighted by molar-refractivity contribution is 5.92. The molecular weight excluding hydrogens is 568 g/mol. The number of nitrogens with one attached hydrogen (secondary N) is 2. The molecule has 1 spiro atoms. The molecule has 5 aliphatic rings. The van der Waals surface area contributed by atoms with Crippen LogP contribution in [0.25, 0.3) is 22.3 Å². The van der Waals surface area contributed by atoms with E-state index >= 15 is 0 Å². The van der Waals surface area contributed by atoms with Gasteiger partial charge in [-0.3, -0.25) is 9.59 Å². The molecule has 5 aliphatic heterocycles. The molecule has 2 amide bonds. The molecule has 4 N–H and O–H groups in total. The number of nitrogens with two attached hydrogens (primary N) is 1. The Labute approximate surface area is 261 Å². The summed E-state index contributed by atoms with van der Waals surface area (Å²) < 4.78 is 5.75. The van der Waals surface area contributed by atoms with Gasteiger partial charge in [0.15, 0.2) is 0 Å². The van der Waals surface area contributed by atoms with Crippen LogP contribution < -0.4 is 16.0 Å². The number of rotatable bonds is 7. The van der Waals surface area contributed by atoms with Crippen LogP contribution in [0.5, 0.6) is 0 Å². The maximum absolute atomic E-state index is 12.3. The summed E-state index contributed by atoms with van der Waals surface area (Å²) in [5.74, 6) is 0.272. The Morgan fingerprint density at radius 2 is 2.04 bits per heavy atom. The van der Waals surface area contributed by atoms with Gasteiger partial charge in [0.2, 0.25) is 11.9 Å². The minimum atomic E-state index is -0.541. The molecule has 1 aromatic carbocycles. The van der Waals surface area contributed by atoms with Gasteiger partial charge in [0.1, 0.15) is 11.3 Å². The quantitative estimate of drug-likeness (QED) is 0.350. The summed E-state index contributed by atoms with van der Waals surface area (Å²) in [6.07, 6.45) is 12.6. The third-order valence-corrected chi connectivity index (χ3v) is 10.3. The van der Waals surface area contributed by atoms with Crippen molar-refractivity contribution in [2.24, 2.45) is 11.1 Å². The van der Waals surface area contributed by atoms with Crippen LogP contribution in [0.1, 0.15) is 24.8 Å². The third kappa shape index (κ3) is 4.90. The fourth-order valence-corrected chi connectivity index (χ4v) is 8.11. The number of morpholine rings is 1. The molecular formula is C34H38N8O3. The Morgan fingerprint density at radius 3 is 2.78 bits per heavy atom. The highest BCUT2D eigenvalue weighted by atomic mass is 16.5. The van der Waals surface area contributed by atoms with Crippen LogP contribution >= 0.6 is 0 Å². The third-order valence-electron chi connectivity index (χ3n) is 10.3. The summed E-state index contributed by atoms with van der Waals surface area (Å²) in [6, 6.07) is 10.9. The number of primary amides is 1. The normalized spacial score (nSPS) is 27.0. The molecule has 3 atom stereocenters. The number of piperidine rings is 1. The number of amides is 2. The number of hydrogen-bond acceptors (Lipinski definition) is 8. The lowest BCUT2D eigenvalue weighted by Crippen LogP contribution is -2.65. The van der Waals surface area contributed by atoms with E-state index in [4.69, 9.17) is 15.5 Å². The van der Waals surface area contributed by atoms with Crippen LogP contribution in [0.15, 0.2) is 73.2 Å². The Kier molecular flexibility index (Phi) is 6.58. The van der Waals surface area contributed by atoms with E-state index in [-0.39, 0.29) is 17.4 Å². The van der Waals surface area contributed by atoms with Crippen molar-refractivity contribution in [3.05, 3.63) is 78.8 Å². The number of fused-ring (bicyclic) bond motifs is 3. The molecule has 11 heteroatoms. The lowest BCUT2D eigenvalue weighted by Gasteiger charge is -2.56. The molecule has 232 valence electrons. The van der Waals surface area contributed by atoms with Crippen molar-refractivity contribution < 1.29 is 14.3 Å². The van der Waals surface area contributed by atoms with Crippen molar-refractivity contribution >= 4 is 28.8 Å². The number of ether oxygens (including phenoxy) is 1. The molecule has 2 aromatic heterocycles. The number of carbonyl (C=O) groups is 2. The molecule has 3 aromatic rings. The van der Waals surface area contributed by atoms with Gasteiger partial charge in [-0.15, -0.1) is 0 Å². The largest absolute Gasteiger partial charge is 0.374 e. The predicted octanol–water partition coefficient (Wildman–Crippen LogP) is 2.44. The fourth-order valence-electron chi connectivity index (χ4n) is 8.11. The van der Waals surface area contributed by atoms with Crippen LogP contribution in [0, 0.1) is 5.41 Å². The zero-order valence-electron chi connectivity index (χ0n) is 25.2. The zero-order valence-corrected chi connectivity index (χ0v) is 25.2. The standard InChI is InChI=1S/C34H38N8O3/c1-2-29(43)41-11-3-8-33(20-41)18-40(19-33)21-34(9-10-36-28(14-34)30(35)44)24-6-4-22(5-7-24)27-12-23-15-37-32(39-31(23)38-27)42-16-26-13-25(42)17-45-26/h2,4-7,9-10,12,14-15,25-26,36H,1,3,8,11,13,16-21H2,(H2,35,44)(H,37,38,39)/t25-,26-,34?/m1/s1. The summed E-state index contributed by atoms with van der Waals surface area (Å²) in [5.41, 5.74) is 9.58. The van der Waals surface area contributed by atoms with Crippen molar-refractivity contribution in [2.75, 3.05) is 50.8 Å². The van der Waals surface area contributed by atoms with Gasteiger partial charge in [-0.1, -0.05) is 36.9 Å². The maximum Gasteiger partial charge on any atom is 0.264 e. The number of nitrogens with zero attached hydrogens (tertiary/aromatic N) is 5. The van der Waals surface area contributed by atoms with Crippen molar-refractivity contribution in [1.29, 1.82) is 0 Å². The van der Waals surface area contributed by atoms with E-state index in [1.807, 2.05) is 23.4 Å². The predicted molar refractivity (Wildman–Crippen MR) is 171 cm³/mol. The minimum Gasteiger partial charge on any atom is -0.374 e. The number of dihydropyridines is 1. The fraction of sp³-hybridized carbons (Fsp3) is 0.412. The summed E-state index contributed by atoms with van der Waals surface area (Å²) in [5, 5.41) is 3.99. The Hall–Kier alpha value is -4.48. The second-order valence-corrected chi connectivity index (χ2v) is 13.4. The van der Waals surface area contributed by atoms with Gasteiger partial charge >= 0.3 is 0 Å². The van der Waals surface area contributed by atoms with Crippen LogP contribution in [0.3, 0.4) is 0 Å². The smallest absolute Gasteiger partial charge is 0.264 e. The summed E-state index contributed by atoms with van der Waals surface area (Å²) in [6.45, 7) is 9.32. The number of benzene rings is 1. The number of aromatic nitrogens is 3. The lowest BCUT2D eigenvalue weighted by molar-refractivity contribution is -0.134. The Balaban J connectivity index is 1.04. The molecule has 4 saturated heterocycles. The summed E-state index contributed by atoms with van der Waals surface area (Å²) >= 11 is 0. The van der Waals surface area contributed by atoms with Gasteiger partial charge in [-0.05, 0) is 54.8 Å². The Morgan fingerprint density at radius 1 is 1.20 bits per heavy atom. The van der Waals surface area contributed by atoms with Crippen LogP contribution in [-0.4, -0.2) is 94.6 Å². The number of likely N-dealkylation sites (tertiary alicyclic amines) is 2. The van der Waals surface area contributed by atoms with Gasteiger partial charge in [-0.2, -0.15) is 4.98 Å². The van der Waals surface area contributed by atoms with E-state index in [1.54, 1.807) is 0 Å². The molecule has 0 radical (unpaired) electrons. The number of aromatic amines is 1. The van der Waals surface area contributed by atoms with Gasteiger partial charge in [0.25, 0.3) is 5.91 Å². The van der Waals surface area contributed by atoms with Crippen molar-refractivity contribution in [1.82, 2.24) is 30.1 Å². The van der Waals surface area contributed by atoms with E-state index in [0.29, 0.717) is 18.3 Å². The molecule has 4 fully saturated rings. The van der Waals surface area contributed by atoms with Crippen LogP contribution in [0.2, 0.25) is 0 Å². The molecule has 0 aliphatic carbocycles. The van der Waals surface area contributed by atoms with Crippen molar-refractivity contribution in [3.63, 3.8) is 0 Å². The van der Waals surface area contributed by atoms with E-state index in [9.17, 15) is 9.59 Å². The van der Waals surface area contributed by atoms with Crippen molar-refractivity contribution in [2.45, 2.75) is 36.8 Å². The lowest BCUT2D eigenvalue weighted by atomic mass is 9.70. The number of anilines is 1. The maximum atomic E-state index is 12.3. The topological polar surface area (TPSA) is 133 Å². The first kappa shape index (κ1) is 28.0. The average Bonchev–Trinajstić information content (AvgIpc) is 3.80. The van der Waals surface area contributed by atoms with Crippen molar-refractivity contribution in [3.8, 4) is 11.3 Å². The van der Waals surface area contributed by atoms with Gasteiger partial charge in [0, 0.05) is 67.4 Å². The van der Waals surface area contributed by atoms with Crippen LogP contribution in [0.4, 0.5) is 5.95 Å². The average molecular weight is 607 g/mol. The minimum absolute atomic E-state index is 0.00959. The molecule has 8 rings (SSSR count). The number of carbonyl (C=O) groups excluding carboxylic acids is 2. The summed E-state index contributed by atoms with van der Waals surface area (Å²) in [7, 11) is 0. The molecule has 45 heavy (non-hydrogen) atoms. The second-order valence-electron chi connectivity index (χ2n) is 13.4. The van der Waals surface area contributed by atoms with Gasteiger partial charge in [-0.25, -0.2) is 4.98 Å². The monoisotopic (exact) mass is 606 g/mol. The first-order valence-electron chi connectivity index (χ1n) is 15.8. The van der Waals surface area contributed by atoms with Gasteiger partial charge in [0.05, 0.1) is 18.8 Å². The summed E-state index contributed by atoms with van der Waals surface area (Å²) in [4.78, 5) is 44.2. The molecule has 0 saturated carbocycles. The number of H-pyrrole nitrogens is 1. The second kappa shape index (κ2) is 10.6. The highest BCUT2D eigenvalue weighted by Gasteiger charge is 2.48. The van der Waals surface area contributed by atoms with E-state index in [1.165, 1.54) is 6.08 Å². The first-order chi connectivity index (χ1) is 21.8. The number of hydrogen-bond donors (Lipinski definition) is 3. The Bertz CT molecular complexity index is 1740. The molecule has 11 nitrogen and oxygen atoms in total. The van der Waals surface area contributed by atoms with E-state index < -0.39 is 11.3 Å². The van der Waals surface area contributed by atoms with Gasteiger partial charge < -0.3 is 35.5 Å². The van der Waals surface area contributed by atoms with Crippen LogP contribution in [-0.2, 0) is 19.7 Å².